The molecule has 3 rings (SSSR count). The Morgan fingerprint density at radius 1 is 1.11 bits per heavy atom. The number of carbonyl (C=O) groups excluding carboxylic acids is 2. The van der Waals surface area contributed by atoms with E-state index in [0.29, 0.717) is 36.6 Å². The van der Waals surface area contributed by atoms with Gasteiger partial charge in [-0.1, -0.05) is 12.1 Å². The van der Waals surface area contributed by atoms with Crippen LogP contribution in [-0.2, 0) is 4.79 Å². The van der Waals surface area contributed by atoms with Crippen molar-refractivity contribution >= 4 is 23.2 Å². The topological polar surface area (TPSA) is 52.7 Å². The van der Waals surface area contributed by atoms with E-state index in [-0.39, 0.29) is 24.4 Å². The van der Waals surface area contributed by atoms with Crippen molar-refractivity contribution in [1.82, 2.24) is 15.1 Å². The van der Waals surface area contributed by atoms with Crippen molar-refractivity contribution in [2.45, 2.75) is 13.0 Å². The van der Waals surface area contributed by atoms with Crippen LogP contribution >= 0.6 is 11.3 Å². The van der Waals surface area contributed by atoms with Crippen molar-refractivity contribution in [1.29, 1.82) is 0 Å². The summed E-state index contributed by atoms with van der Waals surface area (Å²) < 4.78 is 26.3. The lowest BCUT2D eigenvalue weighted by Gasteiger charge is -2.34. The van der Waals surface area contributed by atoms with E-state index in [0.717, 1.165) is 12.1 Å². The maximum absolute atomic E-state index is 13.3. The first-order valence-corrected chi connectivity index (χ1v) is 9.62. The standard InChI is InChI=1S/C19H21F2N3O2S/c1-13(14-4-5-15(20)16(21)11-14)22-12-18(25)23-6-8-24(9-7-23)19(26)17-3-2-10-27-17/h2-5,10-11,13,22H,6-9,12H2,1H3/t13-/m1/s1. The number of carbonyl (C=O) groups is 2. The van der Waals surface area contributed by atoms with Crippen LogP contribution in [0.25, 0.3) is 0 Å². The minimum atomic E-state index is -0.904. The lowest BCUT2D eigenvalue weighted by molar-refractivity contribution is -0.131. The van der Waals surface area contributed by atoms with Crippen LogP contribution in [0.3, 0.4) is 0 Å². The highest BCUT2D eigenvalue weighted by Crippen LogP contribution is 2.16. The monoisotopic (exact) mass is 393 g/mol. The zero-order valence-electron chi connectivity index (χ0n) is 15.0. The zero-order valence-corrected chi connectivity index (χ0v) is 15.8. The molecule has 27 heavy (non-hydrogen) atoms. The van der Waals surface area contributed by atoms with E-state index >= 15 is 0 Å². The molecular weight excluding hydrogens is 372 g/mol. The molecule has 0 aliphatic carbocycles. The number of hydrogen-bond donors (Lipinski definition) is 1. The molecule has 0 bridgehead atoms. The third-order valence-electron chi connectivity index (χ3n) is 4.65. The maximum atomic E-state index is 13.3. The second kappa shape index (κ2) is 8.58. The van der Waals surface area contributed by atoms with Crippen molar-refractivity contribution in [2.24, 2.45) is 0 Å². The van der Waals surface area contributed by atoms with Gasteiger partial charge in [0.2, 0.25) is 5.91 Å². The van der Waals surface area contributed by atoms with Gasteiger partial charge in [0.05, 0.1) is 11.4 Å². The molecule has 2 aromatic rings. The smallest absolute Gasteiger partial charge is 0.264 e. The molecule has 0 saturated carbocycles. The SMILES string of the molecule is C[C@@H](NCC(=O)N1CCN(C(=O)c2cccs2)CC1)c1ccc(F)c(F)c1. The largest absolute Gasteiger partial charge is 0.338 e. The first-order valence-electron chi connectivity index (χ1n) is 8.74. The van der Waals surface area contributed by atoms with E-state index in [2.05, 4.69) is 5.32 Å². The van der Waals surface area contributed by atoms with E-state index in [1.807, 2.05) is 11.4 Å². The zero-order chi connectivity index (χ0) is 19.4. The van der Waals surface area contributed by atoms with Gasteiger partial charge < -0.3 is 15.1 Å². The van der Waals surface area contributed by atoms with Gasteiger partial charge in [-0.2, -0.15) is 0 Å². The molecule has 0 unspecified atom stereocenters. The van der Waals surface area contributed by atoms with E-state index in [9.17, 15) is 18.4 Å². The number of thiophene rings is 1. The Bertz CT molecular complexity index is 805. The maximum Gasteiger partial charge on any atom is 0.264 e. The fourth-order valence-corrected chi connectivity index (χ4v) is 3.66. The highest BCUT2D eigenvalue weighted by atomic mass is 32.1. The molecule has 2 heterocycles. The van der Waals surface area contributed by atoms with Crippen LogP contribution in [0, 0.1) is 11.6 Å². The number of amides is 2. The quantitative estimate of drug-likeness (QED) is 0.850. The third-order valence-corrected chi connectivity index (χ3v) is 5.51. The molecule has 1 fully saturated rings. The Balaban J connectivity index is 1.46. The van der Waals surface area contributed by atoms with Crippen LogP contribution in [0.2, 0.25) is 0 Å². The lowest BCUT2D eigenvalue weighted by atomic mass is 10.1. The second-order valence-corrected chi connectivity index (χ2v) is 7.37. The van der Waals surface area contributed by atoms with E-state index in [1.165, 1.54) is 17.4 Å². The summed E-state index contributed by atoms with van der Waals surface area (Å²) >= 11 is 1.41. The molecule has 8 heteroatoms. The molecule has 1 atom stereocenters. The van der Waals surface area contributed by atoms with Crippen molar-refractivity contribution in [2.75, 3.05) is 32.7 Å². The third kappa shape index (κ3) is 4.70. The summed E-state index contributed by atoms with van der Waals surface area (Å²) in [6.45, 7) is 3.85. The number of hydrogen-bond acceptors (Lipinski definition) is 4. The first kappa shape index (κ1) is 19.4. The molecule has 1 aromatic carbocycles. The Hall–Kier alpha value is -2.32. The van der Waals surface area contributed by atoms with Crippen LogP contribution in [-0.4, -0.2) is 54.3 Å². The molecule has 0 radical (unpaired) electrons. The van der Waals surface area contributed by atoms with E-state index in [1.54, 1.807) is 22.8 Å². The molecule has 1 N–H and O–H groups in total. The molecule has 144 valence electrons. The summed E-state index contributed by atoms with van der Waals surface area (Å²) in [7, 11) is 0. The molecule has 1 saturated heterocycles. The molecule has 0 spiro atoms. The number of piperazine rings is 1. The first-order chi connectivity index (χ1) is 13.0. The minimum Gasteiger partial charge on any atom is -0.338 e. The van der Waals surface area contributed by atoms with Gasteiger partial charge in [0.25, 0.3) is 5.91 Å². The van der Waals surface area contributed by atoms with Gasteiger partial charge in [-0.05, 0) is 36.1 Å². The number of nitrogens with zero attached hydrogens (tertiary/aromatic N) is 2. The molecule has 5 nitrogen and oxygen atoms in total. The van der Waals surface area contributed by atoms with Crippen molar-refractivity contribution in [3.05, 3.63) is 57.8 Å². The second-order valence-electron chi connectivity index (χ2n) is 6.43. The highest BCUT2D eigenvalue weighted by Gasteiger charge is 2.25. The van der Waals surface area contributed by atoms with Crippen LogP contribution in [0.5, 0.6) is 0 Å². The predicted octanol–water partition coefficient (Wildman–Crippen LogP) is 2.66. The highest BCUT2D eigenvalue weighted by molar-refractivity contribution is 7.12. The van der Waals surface area contributed by atoms with Crippen LogP contribution < -0.4 is 5.32 Å². The summed E-state index contributed by atoms with van der Waals surface area (Å²) in [5.41, 5.74) is 0.577. The van der Waals surface area contributed by atoms with E-state index in [4.69, 9.17) is 0 Å². The number of benzene rings is 1. The van der Waals surface area contributed by atoms with Crippen LogP contribution in [0.1, 0.15) is 28.2 Å². The van der Waals surface area contributed by atoms with Gasteiger partial charge in [0.15, 0.2) is 11.6 Å². The lowest BCUT2D eigenvalue weighted by Crippen LogP contribution is -2.52. The summed E-state index contributed by atoms with van der Waals surface area (Å²) in [5, 5.41) is 4.91. The Morgan fingerprint density at radius 3 is 2.44 bits per heavy atom. The summed E-state index contributed by atoms with van der Waals surface area (Å²) in [6, 6.07) is 7.06. The molecule has 2 amide bonds. The number of halogens is 2. The van der Waals surface area contributed by atoms with Gasteiger partial charge in [-0.3, -0.25) is 9.59 Å². The minimum absolute atomic E-state index is 0.00202. The van der Waals surface area contributed by atoms with Gasteiger partial charge in [-0.25, -0.2) is 8.78 Å². The molecule has 1 aromatic heterocycles. The fourth-order valence-electron chi connectivity index (χ4n) is 2.97. The Kier molecular flexibility index (Phi) is 6.18. The number of nitrogens with one attached hydrogen (secondary N) is 1. The molecular formula is C19H21F2N3O2S. The molecule has 1 aliphatic rings. The van der Waals surface area contributed by atoms with Crippen LogP contribution in [0.4, 0.5) is 8.78 Å². The fraction of sp³-hybridized carbons (Fsp3) is 0.368. The number of rotatable bonds is 5. The summed E-state index contributed by atoms with van der Waals surface area (Å²) in [4.78, 5) is 28.9. The van der Waals surface area contributed by atoms with Crippen molar-refractivity contribution in [3.8, 4) is 0 Å². The van der Waals surface area contributed by atoms with Crippen molar-refractivity contribution in [3.63, 3.8) is 0 Å². The van der Waals surface area contributed by atoms with Gasteiger partial charge in [-0.15, -0.1) is 11.3 Å². The van der Waals surface area contributed by atoms with Gasteiger partial charge in [0.1, 0.15) is 0 Å². The summed E-state index contributed by atoms with van der Waals surface area (Å²) in [5.74, 6) is -1.87. The van der Waals surface area contributed by atoms with Crippen LogP contribution in [0.15, 0.2) is 35.7 Å². The van der Waals surface area contributed by atoms with Crippen molar-refractivity contribution < 1.29 is 18.4 Å². The van der Waals surface area contributed by atoms with Gasteiger partial charge >= 0.3 is 0 Å². The Labute approximate surface area is 160 Å². The average molecular weight is 393 g/mol. The van der Waals surface area contributed by atoms with Gasteiger partial charge in [0, 0.05) is 32.2 Å². The Morgan fingerprint density at radius 2 is 1.81 bits per heavy atom. The summed E-state index contributed by atoms with van der Waals surface area (Å²) in [6.07, 6.45) is 0. The van der Waals surface area contributed by atoms with E-state index < -0.39 is 11.6 Å². The normalized spacial score (nSPS) is 15.7. The molecule has 1 aliphatic heterocycles. The average Bonchev–Trinajstić information content (AvgIpc) is 3.22. The predicted molar refractivity (Wildman–Crippen MR) is 99.6 cm³/mol.